The highest BCUT2D eigenvalue weighted by molar-refractivity contribution is 5.30. The van der Waals surface area contributed by atoms with Gasteiger partial charge >= 0.3 is 0 Å². The molecule has 5 heteroatoms. The van der Waals surface area contributed by atoms with Crippen molar-refractivity contribution in [1.82, 2.24) is 10.2 Å². The molecule has 0 amide bonds. The lowest BCUT2D eigenvalue weighted by Gasteiger charge is -2.04. The highest BCUT2D eigenvalue weighted by Gasteiger charge is 1.90. The van der Waals surface area contributed by atoms with E-state index in [0.717, 1.165) is 5.82 Å². The second kappa shape index (κ2) is 6.33. The number of anilines is 1. The molecule has 72 valence electrons. The lowest BCUT2D eigenvalue weighted by Crippen LogP contribution is -2.12. The summed E-state index contributed by atoms with van der Waals surface area (Å²) in [5.74, 6) is 0.732. The van der Waals surface area contributed by atoms with E-state index >= 15 is 0 Å². The van der Waals surface area contributed by atoms with Crippen molar-refractivity contribution in [3.05, 3.63) is 18.3 Å². The van der Waals surface area contributed by atoms with Crippen LogP contribution in [-0.2, 0) is 4.74 Å². The van der Waals surface area contributed by atoms with Gasteiger partial charge in [0.25, 0.3) is 0 Å². The van der Waals surface area contributed by atoms with Gasteiger partial charge in [0.2, 0.25) is 0 Å². The van der Waals surface area contributed by atoms with Crippen molar-refractivity contribution >= 4 is 5.82 Å². The van der Waals surface area contributed by atoms with Gasteiger partial charge in [-0.25, -0.2) is 0 Å². The van der Waals surface area contributed by atoms with Crippen molar-refractivity contribution in [2.24, 2.45) is 0 Å². The van der Waals surface area contributed by atoms with Crippen molar-refractivity contribution in [1.29, 1.82) is 0 Å². The highest BCUT2D eigenvalue weighted by atomic mass is 16.5. The third kappa shape index (κ3) is 4.39. The molecule has 1 heterocycles. The molecule has 0 aliphatic heterocycles. The molecular weight excluding hydrogens is 170 g/mol. The van der Waals surface area contributed by atoms with Gasteiger partial charge < -0.3 is 15.2 Å². The molecule has 5 nitrogen and oxygen atoms in total. The van der Waals surface area contributed by atoms with Gasteiger partial charge in [0.1, 0.15) is 5.82 Å². The molecule has 0 atom stereocenters. The number of nitrogens with one attached hydrogen (secondary N) is 1. The van der Waals surface area contributed by atoms with Gasteiger partial charge in [-0.1, -0.05) is 0 Å². The summed E-state index contributed by atoms with van der Waals surface area (Å²) < 4.78 is 5.04. The number of hydrogen-bond acceptors (Lipinski definition) is 5. The zero-order chi connectivity index (χ0) is 9.36. The molecule has 0 saturated carbocycles. The van der Waals surface area contributed by atoms with Gasteiger partial charge in [-0.3, -0.25) is 0 Å². The van der Waals surface area contributed by atoms with Crippen LogP contribution in [0.25, 0.3) is 0 Å². The molecule has 1 rings (SSSR count). The van der Waals surface area contributed by atoms with E-state index in [0.29, 0.717) is 19.8 Å². The third-order valence-corrected chi connectivity index (χ3v) is 1.36. The van der Waals surface area contributed by atoms with E-state index in [-0.39, 0.29) is 6.61 Å². The SMILES string of the molecule is OCCOCCNc1cccnn1. The Morgan fingerprint density at radius 2 is 2.38 bits per heavy atom. The van der Waals surface area contributed by atoms with Gasteiger partial charge in [0.05, 0.1) is 19.8 Å². The molecule has 0 radical (unpaired) electrons. The molecular formula is C8H13N3O2. The first kappa shape index (κ1) is 9.88. The Morgan fingerprint density at radius 1 is 1.46 bits per heavy atom. The van der Waals surface area contributed by atoms with Crippen LogP contribution in [0.2, 0.25) is 0 Å². The molecule has 1 aromatic heterocycles. The lowest BCUT2D eigenvalue weighted by atomic mass is 10.5. The molecule has 0 aromatic carbocycles. The zero-order valence-electron chi connectivity index (χ0n) is 7.31. The normalized spacial score (nSPS) is 9.92. The van der Waals surface area contributed by atoms with Crippen molar-refractivity contribution < 1.29 is 9.84 Å². The predicted octanol–water partition coefficient (Wildman–Crippen LogP) is -0.103. The second-order valence-corrected chi connectivity index (χ2v) is 2.37. The Bertz CT molecular complexity index is 218. The number of ether oxygens (including phenoxy) is 1. The maximum absolute atomic E-state index is 8.41. The van der Waals surface area contributed by atoms with Crippen LogP contribution >= 0.6 is 0 Å². The zero-order valence-corrected chi connectivity index (χ0v) is 7.31. The molecule has 0 spiro atoms. The van der Waals surface area contributed by atoms with Crippen LogP contribution in [0.4, 0.5) is 5.82 Å². The van der Waals surface area contributed by atoms with Gasteiger partial charge in [-0.05, 0) is 12.1 Å². The summed E-state index contributed by atoms with van der Waals surface area (Å²) in [6.45, 7) is 1.66. The summed E-state index contributed by atoms with van der Waals surface area (Å²) in [6.07, 6.45) is 1.62. The van der Waals surface area contributed by atoms with Crippen LogP contribution in [0, 0.1) is 0 Å². The van der Waals surface area contributed by atoms with E-state index < -0.39 is 0 Å². The molecule has 2 N–H and O–H groups in total. The lowest BCUT2D eigenvalue weighted by molar-refractivity contribution is 0.0992. The highest BCUT2D eigenvalue weighted by Crippen LogP contribution is 1.95. The third-order valence-electron chi connectivity index (χ3n) is 1.36. The van der Waals surface area contributed by atoms with E-state index in [4.69, 9.17) is 9.84 Å². The van der Waals surface area contributed by atoms with E-state index in [2.05, 4.69) is 15.5 Å². The van der Waals surface area contributed by atoms with Gasteiger partial charge in [-0.15, -0.1) is 5.10 Å². The smallest absolute Gasteiger partial charge is 0.148 e. The molecule has 0 saturated heterocycles. The largest absolute Gasteiger partial charge is 0.394 e. The van der Waals surface area contributed by atoms with Crippen LogP contribution < -0.4 is 5.32 Å². The standard InChI is InChI=1S/C8H13N3O2/c12-5-7-13-6-4-9-8-2-1-3-10-11-8/h1-3,12H,4-7H2,(H,9,11). The molecule has 13 heavy (non-hydrogen) atoms. The molecule has 0 unspecified atom stereocenters. The minimum Gasteiger partial charge on any atom is -0.394 e. The maximum Gasteiger partial charge on any atom is 0.148 e. The van der Waals surface area contributed by atoms with E-state index in [9.17, 15) is 0 Å². The number of aliphatic hydroxyl groups excluding tert-OH is 1. The monoisotopic (exact) mass is 183 g/mol. The van der Waals surface area contributed by atoms with Crippen LogP contribution in [0.3, 0.4) is 0 Å². The Kier molecular flexibility index (Phi) is 4.81. The van der Waals surface area contributed by atoms with Crippen LogP contribution in [0.5, 0.6) is 0 Å². The summed E-state index contributed by atoms with van der Waals surface area (Å²) in [7, 11) is 0. The molecule has 1 aromatic rings. The fourth-order valence-corrected chi connectivity index (χ4v) is 0.814. The maximum atomic E-state index is 8.41. The molecule has 0 aliphatic rings. The Labute approximate surface area is 76.8 Å². The summed E-state index contributed by atoms with van der Waals surface area (Å²) in [5, 5.41) is 19.0. The Balaban J connectivity index is 2.07. The minimum absolute atomic E-state index is 0.0607. The van der Waals surface area contributed by atoms with Crippen molar-refractivity contribution in [3.8, 4) is 0 Å². The molecule has 0 aliphatic carbocycles. The first-order valence-corrected chi connectivity index (χ1v) is 4.13. The Hall–Kier alpha value is -1.20. The van der Waals surface area contributed by atoms with E-state index in [1.54, 1.807) is 6.20 Å². The van der Waals surface area contributed by atoms with Crippen molar-refractivity contribution in [2.45, 2.75) is 0 Å². The van der Waals surface area contributed by atoms with E-state index in [1.165, 1.54) is 0 Å². The van der Waals surface area contributed by atoms with Crippen molar-refractivity contribution in [3.63, 3.8) is 0 Å². The van der Waals surface area contributed by atoms with Gasteiger partial charge in [-0.2, -0.15) is 5.10 Å². The van der Waals surface area contributed by atoms with Crippen LogP contribution in [0.1, 0.15) is 0 Å². The van der Waals surface area contributed by atoms with E-state index in [1.807, 2.05) is 12.1 Å². The van der Waals surface area contributed by atoms with Gasteiger partial charge in [0, 0.05) is 12.7 Å². The number of hydrogen-bond donors (Lipinski definition) is 2. The fourth-order valence-electron chi connectivity index (χ4n) is 0.814. The minimum atomic E-state index is 0.0607. The summed E-state index contributed by atoms with van der Waals surface area (Å²) in [5.41, 5.74) is 0. The first-order valence-electron chi connectivity index (χ1n) is 4.13. The number of aromatic nitrogens is 2. The second-order valence-electron chi connectivity index (χ2n) is 2.37. The predicted molar refractivity (Wildman–Crippen MR) is 48.4 cm³/mol. The van der Waals surface area contributed by atoms with Crippen molar-refractivity contribution in [2.75, 3.05) is 31.7 Å². The van der Waals surface area contributed by atoms with Crippen LogP contribution in [-0.4, -0.2) is 41.7 Å². The Morgan fingerprint density at radius 3 is 3.08 bits per heavy atom. The fraction of sp³-hybridized carbons (Fsp3) is 0.500. The summed E-state index contributed by atoms with van der Waals surface area (Å²) in [4.78, 5) is 0. The quantitative estimate of drug-likeness (QED) is 0.603. The van der Waals surface area contributed by atoms with Crippen LogP contribution in [0.15, 0.2) is 18.3 Å². The van der Waals surface area contributed by atoms with Gasteiger partial charge in [0.15, 0.2) is 0 Å². The topological polar surface area (TPSA) is 67.3 Å². The average molecular weight is 183 g/mol. The first-order chi connectivity index (χ1) is 6.43. The summed E-state index contributed by atoms with van der Waals surface area (Å²) in [6, 6.07) is 3.64. The molecule has 0 bridgehead atoms. The molecule has 0 fully saturated rings. The number of rotatable bonds is 6. The average Bonchev–Trinajstić information content (AvgIpc) is 2.19. The summed E-state index contributed by atoms with van der Waals surface area (Å²) >= 11 is 0. The number of nitrogens with zero attached hydrogens (tertiary/aromatic N) is 2. The number of aliphatic hydroxyl groups is 1.